The summed E-state index contributed by atoms with van der Waals surface area (Å²) >= 11 is 0. The SMILES string of the molecule is Cc1cc(-c2cc(CO)c(O)c(CO)c2)cc(CO)c1O. The molecule has 0 aromatic heterocycles. The number of aryl methyl sites for hydroxylation is 1. The summed E-state index contributed by atoms with van der Waals surface area (Å²) < 4.78 is 0. The molecule has 0 unspecified atom stereocenters. The lowest BCUT2D eigenvalue weighted by Gasteiger charge is -2.13. The minimum atomic E-state index is -0.351. The fraction of sp³-hybridized carbons (Fsp3) is 0.250. The summed E-state index contributed by atoms with van der Waals surface area (Å²) in [4.78, 5) is 0. The highest BCUT2D eigenvalue weighted by Crippen LogP contribution is 2.34. The van der Waals surface area contributed by atoms with E-state index in [9.17, 15) is 25.5 Å². The zero-order chi connectivity index (χ0) is 15.6. The Hall–Kier alpha value is -2.08. The summed E-state index contributed by atoms with van der Waals surface area (Å²) in [5.41, 5.74) is 3.04. The molecule has 0 saturated heterocycles. The second kappa shape index (κ2) is 6.13. The molecule has 0 heterocycles. The number of aromatic hydroxyl groups is 2. The molecule has 2 aromatic carbocycles. The summed E-state index contributed by atoms with van der Waals surface area (Å²) in [6, 6.07) is 6.60. The molecular weight excluding hydrogens is 272 g/mol. The third-order valence-corrected chi connectivity index (χ3v) is 3.49. The monoisotopic (exact) mass is 290 g/mol. The van der Waals surface area contributed by atoms with Crippen molar-refractivity contribution in [2.24, 2.45) is 0 Å². The van der Waals surface area contributed by atoms with Crippen molar-refractivity contribution in [1.29, 1.82) is 0 Å². The minimum Gasteiger partial charge on any atom is -0.507 e. The van der Waals surface area contributed by atoms with Gasteiger partial charge in [0.1, 0.15) is 11.5 Å². The van der Waals surface area contributed by atoms with Gasteiger partial charge in [-0.1, -0.05) is 0 Å². The molecule has 0 saturated carbocycles. The van der Waals surface area contributed by atoms with Crippen molar-refractivity contribution in [3.8, 4) is 22.6 Å². The van der Waals surface area contributed by atoms with Gasteiger partial charge < -0.3 is 25.5 Å². The number of benzene rings is 2. The van der Waals surface area contributed by atoms with Gasteiger partial charge in [-0.15, -0.1) is 0 Å². The first-order valence-corrected chi connectivity index (χ1v) is 6.52. The molecule has 0 aliphatic rings. The number of rotatable bonds is 4. The van der Waals surface area contributed by atoms with Crippen LogP contribution in [-0.4, -0.2) is 25.5 Å². The third-order valence-electron chi connectivity index (χ3n) is 3.49. The molecule has 0 aliphatic heterocycles. The smallest absolute Gasteiger partial charge is 0.126 e. The van der Waals surface area contributed by atoms with Crippen molar-refractivity contribution in [1.82, 2.24) is 0 Å². The predicted octanol–water partition coefficient (Wildman–Crippen LogP) is 1.55. The van der Waals surface area contributed by atoms with Crippen LogP contribution < -0.4 is 0 Å². The topological polar surface area (TPSA) is 101 Å². The minimum absolute atomic E-state index is 0.0461. The van der Waals surface area contributed by atoms with Crippen molar-refractivity contribution in [3.05, 3.63) is 46.5 Å². The molecule has 0 aliphatic carbocycles. The summed E-state index contributed by atoms with van der Waals surface area (Å²) in [6.45, 7) is 0.726. The van der Waals surface area contributed by atoms with Crippen LogP contribution in [0.5, 0.6) is 11.5 Å². The van der Waals surface area contributed by atoms with Gasteiger partial charge in [-0.2, -0.15) is 0 Å². The Morgan fingerprint density at radius 2 is 1.05 bits per heavy atom. The van der Waals surface area contributed by atoms with E-state index in [-0.39, 0.29) is 31.3 Å². The second-order valence-electron chi connectivity index (χ2n) is 4.92. The van der Waals surface area contributed by atoms with E-state index < -0.39 is 0 Å². The third kappa shape index (κ3) is 2.85. The lowest BCUT2D eigenvalue weighted by atomic mass is 9.95. The Balaban J connectivity index is 2.64. The molecule has 0 amide bonds. The van der Waals surface area contributed by atoms with E-state index in [1.165, 1.54) is 0 Å². The van der Waals surface area contributed by atoms with Gasteiger partial charge in [-0.25, -0.2) is 0 Å². The van der Waals surface area contributed by atoms with Crippen LogP contribution >= 0.6 is 0 Å². The normalized spacial score (nSPS) is 10.9. The van der Waals surface area contributed by atoms with Crippen LogP contribution in [0, 0.1) is 6.92 Å². The van der Waals surface area contributed by atoms with Gasteiger partial charge in [0.05, 0.1) is 19.8 Å². The fourth-order valence-corrected chi connectivity index (χ4v) is 2.31. The van der Waals surface area contributed by atoms with Crippen LogP contribution in [0.2, 0.25) is 0 Å². The van der Waals surface area contributed by atoms with Crippen LogP contribution in [0.4, 0.5) is 0 Å². The van der Waals surface area contributed by atoms with E-state index in [2.05, 4.69) is 0 Å². The van der Waals surface area contributed by atoms with Crippen LogP contribution in [0.25, 0.3) is 11.1 Å². The molecular formula is C16H18O5. The Labute approximate surface area is 122 Å². The Morgan fingerprint density at radius 3 is 1.48 bits per heavy atom. The fourth-order valence-electron chi connectivity index (χ4n) is 2.31. The van der Waals surface area contributed by atoms with Crippen molar-refractivity contribution < 1.29 is 25.5 Å². The van der Waals surface area contributed by atoms with Gasteiger partial charge in [0, 0.05) is 16.7 Å². The van der Waals surface area contributed by atoms with Crippen LogP contribution in [0.1, 0.15) is 22.3 Å². The van der Waals surface area contributed by atoms with Crippen molar-refractivity contribution in [2.45, 2.75) is 26.7 Å². The largest absolute Gasteiger partial charge is 0.507 e. The molecule has 5 heteroatoms. The molecule has 5 nitrogen and oxygen atoms in total. The lowest BCUT2D eigenvalue weighted by molar-refractivity contribution is 0.264. The molecule has 2 aromatic rings. The maximum absolute atomic E-state index is 9.86. The van der Waals surface area contributed by atoms with E-state index in [4.69, 9.17) is 0 Å². The average molecular weight is 290 g/mol. The standard InChI is InChI=1S/C16H18O5/c1-9-2-10(3-12(6-17)15(9)20)11-4-13(7-18)16(21)14(5-11)8-19/h2-5,17-21H,6-8H2,1H3. The average Bonchev–Trinajstić information content (AvgIpc) is 2.50. The van der Waals surface area contributed by atoms with Gasteiger partial charge in [0.15, 0.2) is 0 Å². The van der Waals surface area contributed by atoms with E-state index >= 15 is 0 Å². The van der Waals surface area contributed by atoms with E-state index in [1.807, 2.05) is 0 Å². The first kappa shape index (κ1) is 15.3. The Kier molecular flexibility index (Phi) is 4.47. The highest BCUT2D eigenvalue weighted by molar-refractivity contribution is 5.70. The van der Waals surface area contributed by atoms with Gasteiger partial charge >= 0.3 is 0 Å². The highest BCUT2D eigenvalue weighted by atomic mass is 16.3. The van der Waals surface area contributed by atoms with Gasteiger partial charge in [-0.05, 0) is 47.9 Å². The zero-order valence-electron chi connectivity index (χ0n) is 11.7. The van der Waals surface area contributed by atoms with E-state index in [0.29, 0.717) is 27.8 Å². The molecule has 112 valence electrons. The molecule has 0 bridgehead atoms. The molecule has 21 heavy (non-hydrogen) atoms. The van der Waals surface area contributed by atoms with Crippen LogP contribution in [0.3, 0.4) is 0 Å². The van der Waals surface area contributed by atoms with Crippen molar-refractivity contribution in [2.75, 3.05) is 0 Å². The molecule has 5 N–H and O–H groups in total. The number of hydrogen-bond acceptors (Lipinski definition) is 5. The molecule has 2 rings (SSSR count). The number of aliphatic hydroxyl groups is 3. The summed E-state index contributed by atoms with van der Waals surface area (Å²) in [5, 5.41) is 47.5. The van der Waals surface area contributed by atoms with Gasteiger partial charge in [-0.3, -0.25) is 0 Å². The van der Waals surface area contributed by atoms with E-state index in [0.717, 1.165) is 5.56 Å². The maximum atomic E-state index is 9.86. The highest BCUT2D eigenvalue weighted by Gasteiger charge is 2.13. The lowest BCUT2D eigenvalue weighted by Crippen LogP contribution is -1.95. The Bertz CT molecular complexity index is 639. The summed E-state index contributed by atoms with van der Waals surface area (Å²) in [5.74, 6) is -0.0774. The molecule has 0 spiro atoms. The van der Waals surface area contributed by atoms with Gasteiger partial charge in [0.2, 0.25) is 0 Å². The number of aliphatic hydroxyl groups excluding tert-OH is 3. The molecule has 0 fully saturated rings. The predicted molar refractivity (Wildman–Crippen MR) is 77.7 cm³/mol. The summed E-state index contributed by atoms with van der Waals surface area (Å²) in [6.07, 6.45) is 0. The molecule has 0 radical (unpaired) electrons. The number of phenols is 2. The van der Waals surface area contributed by atoms with Crippen molar-refractivity contribution >= 4 is 0 Å². The van der Waals surface area contributed by atoms with Crippen LogP contribution in [-0.2, 0) is 19.8 Å². The maximum Gasteiger partial charge on any atom is 0.126 e. The quantitative estimate of drug-likeness (QED) is 0.588. The Morgan fingerprint density at radius 1 is 0.667 bits per heavy atom. The second-order valence-corrected chi connectivity index (χ2v) is 4.92. The van der Waals surface area contributed by atoms with Crippen LogP contribution in [0.15, 0.2) is 24.3 Å². The molecule has 0 atom stereocenters. The number of hydrogen-bond donors (Lipinski definition) is 5. The zero-order valence-corrected chi connectivity index (χ0v) is 11.7. The first-order chi connectivity index (χ1) is 10.0. The first-order valence-electron chi connectivity index (χ1n) is 6.52. The van der Waals surface area contributed by atoms with E-state index in [1.54, 1.807) is 31.2 Å². The van der Waals surface area contributed by atoms with Crippen molar-refractivity contribution in [3.63, 3.8) is 0 Å². The summed E-state index contributed by atoms with van der Waals surface area (Å²) in [7, 11) is 0. The van der Waals surface area contributed by atoms with Gasteiger partial charge in [0.25, 0.3) is 0 Å².